The van der Waals surface area contributed by atoms with Crippen LogP contribution in [0.1, 0.15) is 40.3 Å². The number of aromatic amines is 1. The summed E-state index contributed by atoms with van der Waals surface area (Å²) in [5.74, 6) is -0.922. The van der Waals surface area contributed by atoms with E-state index in [2.05, 4.69) is 9.97 Å². The van der Waals surface area contributed by atoms with Gasteiger partial charge in [0.2, 0.25) is 0 Å². The Hall–Kier alpha value is -1.79. The lowest BCUT2D eigenvalue weighted by Crippen LogP contribution is -2.37. The van der Waals surface area contributed by atoms with Crippen molar-refractivity contribution in [2.75, 3.05) is 13.2 Å². The second kappa shape index (κ2) is 10.7. The number of aromatic nitrogens is 3. The van der Waals surface area contributed by atoms with Crippen molar-refractivity contribution in [3.8, 4) is 0 Å². The van der Waals surface area contributed by atoms with Crippen molar-refractivity contribution in [1.29, 1.82) is 0 Å². The second-order valence-corrected chi connectivity index (χ2v) is 12.3. The van der Waals surface area contributed by atoms with Crippen molar-refractivity contribution in [1.82, 2.24) is 14.5 Å². The van der Waals surface area contributed by atoms with Crippen molar-refractivity contribution in [2.24, 2.45) is 0 Å². The van der Waals surface area contributed by atoms with Crippen LogP contribution in [0.4, 0.5) is 0 Å². The van der Waals surface area contributed by atoms with Crippen LogP contribution in [0.15, 0.2) is 51.3 Å². The molecule has 4 rings (SSSR count). The minimum absolute atomic E-state index is 0.205. The van der Waals surface area contributed by atoms with Crippen molar-refractivity contribution in [3.63, 3.8) is 0 Å². The Bertz CT molecular complexity index is 1160. The SMILES string of the molecule is CCOP(=O)(OCC)C(C[C@H]1O[C@@H](n2ccc(=O)[nH]c2=O)[C@@H]2OC(C)(C)O[C@@H]21)Sc1ccccn1. The van der Waals surface area contributed by atoms with Gasteiger partial charge in [0, 0.05) is 24.9 Å². The first-order valence-electron chi connectivity index (χ1n) is 11.4. The molecule has 4 heterocycles. The van der Waals surface area contributed by atoms with Gasteiger partial charge in [0.15, 0.2) is 12.0 Å². The normalized spacial score (nSPS) is 26.5. The lowest BCUT2D eigenvalue weighted by Gasteiger charge is -2.29. The standard InChI is InChI=1S/C22H30N3O8PS/c1-5-29-34(28,30-6-2)17(35-16-9-7-8-11-23-16)13-14-18-19(33-22(3,4)32-18)20(31-14)25-12-10-15(26)24-21(25)27/h7-12,14,17-20H,5-6,13H2,1-4H3,(H,24,26,27)/t14-,17?,18-,19-,20-/m1/s1. The number of nitrogens with zero attached hydrogens (tertiary/aromatic N) is 2. The summed E-state index contributed by atoms with van der Waals surface area (Å²) in [5, 5.41) is 0.656. The van der Waals surface area contributed by atoms with Crippen LogP contribution < -0.4 is 11.2 Å². The smallest absolute Gasteiger partial charge is 0.344 e. The largest absolute Gasteiger partial charge is 0.349 e. The molecule has 0 amide bonds. The van der Waals surface area contributed by atoms with Gasteiger partial charge in [-0.25, -0.2) is 9.78 Å². The molecule has 11 nitrogen and oxygen atoms in total. The zero-order chi connectivity index (χ0) is 25.2. The molecule has 0 spiro atoms. The molecule has 192 valence electrons. The summed E-state index contributed by atoms with van der Waals surface area (Å²) < 4.78 is 45.0. The molecule has 2 aliphatic heterocycles. The molecule has 1 N–H and O–H groups in total. The van der Waals surface area contributed by atoms with Crippen LogP contribution in [0, 0.1) is 0 Å². The number of rotatable bonds is 10. The monoisotopic (exact) mass is 527 g/mol. The maximum absolute atomic E-state index is 13.9. The highest BCUT2D eigenvalue weighted by Crippen LogP contribution is 2.61. The molecule has 0 aromatic carbocycles. The predicted molar refractivity (Wildman–Crippen MR) is 128 cm³/mol. The molecule has 2 aliphatic rings. The third-order valence-corrected chi connectivity index (χ3v) is 9.74. The Morgan fingerprint density at radius 1 is 1.17 bits per heavy atom. The fourth-order valence-corrected chi connectivity index (χ4v) is 7.90. The summed E-state index contributed by atoms with van der Waals surface area (Å²) in [6.45, 7) is 7.48. The van der Waals surface area contributed by atoms with Crippen LogP contribution in [0.5, 0.6) is 0 Å². The Morgan fingerprint density at radius 3 is 2.51 bits per heavy atom. The predicted octanol–water partition coefficient (Wildman–Crippen LogP) is 3.12. The number of H-pyrrole nitrogens is 1. The molecule has 13 heteroatoms. The minimum Gasteiger partial charge on any atom is -0.349 e. The highest BCUT2D eigenvalue weighted by Gasteiger charge is 2.57. The Balaban J connectivity index is 1.67. The van der Waals surface area contributed by atoms with E-state index >= 15 is 0 Å². The Morgan fingerprint density at radius 2 is 1.89 bits per heavy atom. The molecular weight excluding hydrogens is 497 g/mol. The lowest BCUT2D eigenvalue weighted by molar-refractivity contribution is -0.197. The first-order chi connectivity index (χ1) is 16.7. The van der Waals surface area contributed by atoms with Gasteiger partial charge in [-0.2, -0.15) is 0 Å². The van der Waals surface area contributed by atoms with Gasteiger partial charge in [-0.15, -0.1) is 0 Å². The van der Waals surface area contributed by atoms with Crippen LogP contribution in [0.25, 0.3) is 0 Å². The van der Waals surface area contributed by atoms with E-state index in [4.69, 9.17) is 23.3 Å². The zero-order valence-electron chi connectivity index (χ0n) is 20.0. The van der Waals surface area contributed by atoms with Crippen LogP contribution >= 0.6 is 19.4 Å². The fourth-order valence-electron chi connectivity index (χ4n) is 4.26. The third-order valence-electron chi connectivity index (χ3n) is 5.55. The van der Waals surface area contributed by atoms with Crippen molar-refractivity contribution in [3.05, 3.63) is 57.5 Å². The average Bonchev–Trinajstić information content (AvgIpc) is 3.28. The molecule has 2 aromatic heterocycles. The van der Waals surface area contributed by atoms with Gasteiger partial charge in [0.25, 0.3) is 5.56 Å². The van der Waals surface area contributed by atoms with Crippen LogP contribution in [-0.4, -0.2) is 56.8 Å². The number of thioether (sulfide) groups is 1. The van der Waals surface area contributed by atoms with E-state index in [9.17, 15) is 14.2 Å². The van der Waals surface area contributed by atoms with Gasteiger partial charge < -0.3 is 23.3 Å². The van der Waals surface area contributed by atoms with Gasteiger partial charge in [-0.3, -0.25) is 18.9 Å². The highest BCUT2D eigenvalue weighted by molar-refractivity contribution is 8.05. The molecule has 0 radical (unpaired) electrons. The number of pyridine rings is 1. The summed E-state index contributed by atoms with van der Waals surface area (Å²) in [7, 11) is -3.59. The van der Waals surface area contributed by atoms with Crippen molar-refractivity contribution in [2.45, 2.75) is 74.5 Å². The number of hydrogen-bond acceptors (Lipinski definition) is 10. The van der Waals surface area contributed by atoms with Crippen molar-refractivity contribution < 1.29 is 27.8 Å². The number of hydrogen-bond donors (Lipinski definition) is 1. The quantitative estimate of drug-likeness (QED) is 0.363. The highest BCUT2D eigenvalue weighted by atomic mass is 32.2. The summed E-state index contributed by atoms with van der Waals surface area (Å²) in [6.07, 6.45) is 0.591. The molecule has 1 unspecified atom stereocenters. The average molecular weight is 528 g/mol. The molecule has 5 atom stereocenters. The Labute approximate surface area is 207 Å². The van der Waals surface area contributed by atoms with E-state index in [1.807, 2.05) is 12.1 Å². The Kier molecular flexibility index (Phi) is 8.02. The van der Waals surface area contributed by atoms with E-state index < -0.39 is 54.2 Å². The molecule has 2 aromatic rings. The lowest BCUT2D eigenvalue weighted by atomic mass is 10.1. The van der Waals surface area contributed by atoms with Crippen LogP contribution in [-0.2, 0) is 27.8 Å². The molecule has 0 saturated carbocycles. The van der Waals surface area contributed by atoms with Gasteiger partial charge in [-0.1, -0.05) is 17.8 Å². The van der Waals surface area contributed by atoms with Crippen LogP contribution in [0.3, 0.4) is 0 Å². The molecule has 0 bridgehead atoms. The van der Waals surface area contributed by atoms with E-state index in [-0.39, 0.29) is 19.6 Å². The minimum atomic E-state index is -3.59. The summed E-state index contributed by atoms with van der Waals surface area (Å²) in [4.78, 5) is 30.0. The maximum atomic E-state index is 13.9. The van der Waals surface area contributed by atoms with Gasteiger partial charge in [0.05, 0.1) is 24.3 Å². The zero-order valence-corrected chi connectivity index (χ0v) is 21.7. The van der Waals surface area contributed by atoms with E-state index in [0.29, 0.717) is 5.03 Å². The fraction of sp³-hybridized carbons (Fsp3) is 0.591. The summed E-state index contributed by atoms with van der Waals surface area (Å²) >= 11 is 1.28. The molecule has 35 heavy (non-hydrogen) atoms. The summed E-state index contributed by atoms with van der Waals surface area (Å²) in [5.41, 5.74) is -1.13. The van der Waals surface area contributed by atoms with Crippen LogP contribution in [0.2, 0.25) is 0 Å². The number of nitrogens with one attached hydrogen (secondary N) is 1. The molecule has 2 fully saturated rings. The topological polar surface area (TPSA) is 131 Å². The molecule has 0 aliphatic carbocycles. The number of fused-ring (bicyclic) bond motifs is 1. The first-order valence-corrected chi connectivity index (χ1v) is 13.9. The maximum Gasteiger partial charge on any atom is 0.344 e. The van der Waals surface area contributed by atoms with E-state index in [1.165, 1.54) is 28.6 Å². The van der Waals surface area contributed by atoms with Gasteiger partial charge >= 0.3 is 13.3 Å². The first kappa shape index (κ1) is 26.3. The summed E-state index contributed by atoms with van der Waals surface area (Å²) in [6, 6.07) is 6.70. The van der Waals surface area contributed by atoms with Crippen molar-refractivity contribution >= 4 is 19.4 Å². The van der Waals surface area contributed by atoms with E-state index in [0.717, 1.165) is 0 Å². The molecular formula is C22H30N3O8PS. The molecule has 2 saturated heterocycles. The van der Waals surface area contributed by atoms with Gasteiger partial charge in [-0.05, 0) is 39.8 Å². The van der Waals surface area contributed by atoms with Gasteiger partial charge in [0.1, 0.15) is 17.2 Å². The number of ether oxygens (including phenoxy) is 3. The second-order valence-electron chi connectivity index (χ2n) is 8.50. The van der Waals surface area contributed by atoms with E-state index in [1.54, 1.807) is 40.0 Å². The third kappa shape index (κ3) is 5.80.